The van der Waals surface area contributed by atoms with Crippen molar-refractivity contribution in [2.45, 2.75) is 64.3 Å². The summed E-state index contributed by atoms with van der Waals surface area (Å²) < 4.78 is 68.1. The molecular weight excluding hydrogens is 537 g/mol. The maximum absolute atomic E-state index is 14.5. The number of carbonyl (C=O) groups is 1. The van der Waals surface area contributed by atoms with E-state index in [2.05, 4.69) is 9.64 Å². The molecule has 0 aliphatic carbocycles. The van der Waals surface area contributed by atoms with Gasteiger partial charge in [-0.05, 0) is 41.8 Å². The van der Waals surface area contributed by atoms with Crippen LogP contribution < -0.4 is 4.74 Å². The fraction of sp³-hybridized carbons (Fsp3) is 0.407. The van der Waals surface area contributed by atoms with Crippen LogP contribution in [0.3, 0.4) is 0 Å². The number of fused-ring (bicyclic) bond motifs is 1. The molecule has 0 saturated carbocycles. The summed E-state index contributed by atoms with van der Waals surface area (Å²) in [5.41, 5.74) is 1.86. The number of halogens is 3. The third-order valence-electron chi connectivity index (χ3n) is 6.45. The van der Waals surface area contributed by atoms with Crippen molar-refractivity contribution in [3.8, 4) is 5.75 Å². The number of Topliss-reactive ketones (excluding diaryl/α,β-unsaturated/α-hetero) is 1. The smallest absolute Gasteiger partial charge is 0.387 e. The fourth-order valence-electron chi connectivity index (χ4n) is 4.69. The molecule has 0 saturated heterocycles. The Kier molecular flexibility index (Phi) is 8.59. The zero-order valence-corrected chi connectivity index (χ0v) is 22.9. The molecule has 3 aromatic rings. The first-order valence-electron chi connectivity index (χ1n) is 12.3. The first-order valence-corrected chi connectivity index (χ1v) is 14.7. The van der Waals surface area contributed by atoms with E-state index in [0.29, 0.717) is 11.6 Å². The van der Waals surface area contributed by atoms with Gasteiger partial charge in [0.25, 0.3) is 0 Å². The van der Waals surface area contributed by atoms with E-state index in [1.54, 1.807) is 19.1 Å². The SMILES string of the molecule is CCS(=O)(=O)c1ccc(CC(=O)Cc2nc3c(s2)CN(Cc2cc(OC(F)F)ccc2F)[C@@H]3C(C)C)cc1. The van der Waals surface area contributed by atoms with Crippen LogP contribution >= 0.6 is 11.3 Å². The minimum absolute atomic E-state index is 0.0171. The van der Waals surface area contributed by atoms with Crippen LogP contribution in [0.25, 0.3) is 0 Å². The average molecular weight is 567 g/mol. The van der Waals surface area contributed by atoms with Crippen LogP contribution in [0, 0.1) is 11.7 Å². The molecule has 0 fully saturated rings. The lowest BCUT2D eigenvalue weighted by Crippen LogP contribution is -2.26. The van der Waals surface area contributed by atoms with Crippen molar-refractivity contribution >= 4 is 27.0 Å². The van der Waals surface area contributed by atoms with Crippen molar-refractivity contribution in [2.24, 2.45) is 5.92 Å². The van der Waals surface area contributed by atoms with Crippen molar-refractivity contribution in [2.75, 3.05) is 5.75 Å². The number of aromatic nitrogens is 1. The van der Waals surface area contributed by atoms with Crippen LogP contribution in [0.2, 0.25) is 0 Å². The molecule has 0 amide bonds. The summed E-state index contributed by atoms with van der Waals surface area (Å²) >= 11 is 1.45. The van der Waals surface area contributed by atoms with Gasteiger partial charge in [0, 0.05) is 30.0 Å². The molecule has 0 N–H and O–H groups in total. The van der Waals surface area contributed by atoms with Crippen molar-refractivity contribution in [1.29, 1.82) is 0 Å². The summed E-state index contributed by atoms with van der Waals surface area (Å²) in [7, 11) is -3.29. The van der Waals surface area contributed by atoms with Crippen LogP contribution in [-0.4, -0.2) is 36.4 Å². The highest BCUT2D eigenvalue weighted by Crippen LogP contribution is 2.42. The van der Waals surface area contributed by atoms with Crippen LogP contribution in [0.5, 0.6) is 5.75 Å². The predicted octanol–water partition coefficient (Wildman–Crippen LogP) is 5.74. The van der Waals surface area contributed by atoms with Crippen LogP contribution in [0.15, 0.2) is 47.4 Å². The van der Waals surface area contributed by atoms with Crippen molar-refractivity contribution in [1.82, 2.24) is 9.88 Å². The Hall–Kier alpha value is -2.76. The molecule has 2 aromatic carbocycles. The summed E-state index contributed by atoms with van der Waals surface area (Å²) in [4.78, 5) is 20.8. The van der Waals surface area contributed by atoms with Gasteiger partial charge in [0.15, 0.2) is 9.84 Å². The Morgan fingerprint density at radius 2 is 1.87 bits per heavy atom. The molecule has 0 unspecified atom stereocenters. The molecule has 4 rings (SSSR count). The highest BCUT2D eigenvalue weighted by Gasteiger charge is 2.36. The molecule has 1 atom stereocenters. The number of alkyl halides is 2. The number of nitrogens with zero attached hydrogens (tertiary/aromatic N) is 2. The van der Waals surface area contributed by atoms with E-state index in [4.69, 9.17) is 4.98 Å². The summed E-state index contributed by atoms with van der Waals surface area (Å²) in [6, 6.07) is 9.87. The van der Waals surface area contributed by atoms with Gasteiger partial charge >= 0.3 is 6.61 Å². The van der Waals surface area contributed by atoms with Crippen LogP contribution in [-0.2, 0) is 40.6 Å². The molecule has 1 aromatic heterocycles. The summed E-state index contributed by atoms with van der Waals surface area (Å²) in [6.07, 6.45) is 0.339. The van der Waals surface area contributed by atoms with E-state index in [1.807, 2.05) is 13.8 Å². The maximum atomic E-state index is 14.5. The summed E-state index contributed by atoms with van der Waals surface area (Å²) in [5, 5.41) is 0.703. The second kappa shape index (κ2) is 11.5. The average Bonchev–Trinajstić information content (AvgIpc) is 3.37. The highest BCUT2D eigenvalue weighted by molar-refractivity contribution is 7.91. The fourth-order valence-corrected chi connectivity index (χ4v) is 6.74. The second-order valence-electron chi connectivity index (χ2n) is 9.58. The van der Waals surface area contributed by atoms with Gasteiger partial charge in [-0.3, -0.25) is 9.69 Å². The molecule has 1 aliphatic heterocycles. The molecule has 11 heteroatoms. The lowest BCUT2D eigenvalue weighted by molar-refractivity contribution is -0.117. The molecule has 0 spiro atoms. The quantitative estimate of drug-likeness (QED) is 0.295. The lowest BCUT2D eigenvalue weighted by atomic mass is 10.0. The van der Waals surface area contributed by atoms with Gasteiger partial charge in [0.2, 0.25) is 0 Å². The Balaban J connectivity index is 1.43. The van der Waals surface area contributed by atoms with Gasteiger partial charge in [-0.2, -0.15) is 8.78 Å². The van der Waals surface area contributed by atoms with Crippen LogP contribution in [0.4, 0.5) is 13.2 Å². The summed E-state index contributed by atoms with van der Waals surface area (Å²) in [5.74, 6) is -0.456. The Labute approximate surface area is 224 Å². The van der Waals surface area contributed by atoms with Crippen molar-refractivity contribution in [3.63, 3.8) is 0 Å². The number of benzene rings is 2. The van der Waals surface area contributed by atoms with E-state index in [1.165, 1.54) is 35.6 Å². The van der Waals surface area contributed by atoms with Gasteiger partial charge in [-0.25, -0.2) is 17.8 Å². The summed E-state index contributed by atoms with van der Waals surface area (Å²) in [6.45, 7) is 3.38. The Bertz CT molecular complexity index is 1410. The van der Waals surface area contributed by atoms with E-state index < -0.39 is 22.3 Å². The molecule has 0 radical (unpaired) electrons. The number of rotatable bonds is 11. The lowest BCUT2D eigenvalue weighted by Gasteiger charge is -2.28. The standard InChI is InChI=1S/C27H29F3N2O4S2/c1-4-38(34,35)21-8-5-17(6-9-21)11-19(33)13-24-31-25-23(37-24)15-32(26(25)16(2)3)14-18-12-20(36-27(29)30)7-10-22(18)28/h5-10,12,16,26-27H,4,11,13-15H2,1-3H3/t26-/m1/s1. The molecule has 2 heterocycles. The van der Waals surface area contributed by atoms with E-state index in [9.17, 15) is 26.4 Å². The van der Waals surface area contributed by atoms with Gasteiger partial charge in [-0.15, -0.1) is 11.3 Å². The molecule has 38 heavy (non-hydrogen) atoms. The molecule has 0 bridgehead atoms. The highest BCUT2D eigenvalue weighted by atomic mass is 32.2. The number of thiazole rings is 1. The third-order valence-corrected chi connectivity index (χ3v) is 9.26. The number of sulfone groups is 1. The number of ether oxygens (including phenoxy) is 1. The van der Waals surface area contributed by atoms with Gasteiger partial charge < -0.3 is 4.74 Å². The van der Waals surface area contributed by atoms with E-state index >= 15 is 0 Å². The van der Waals surface area contributed by atoms with E-state index in [0.717, 1.165) is 22.2 Å². The molecule has 204 valence electrons. The normalized spacial score (nSPS) is 15.8. The largest absolute Gasteiger partial charge is 0.435 e. The van der Waals surface area contributed by atoms with Gasteiger partial charge in [0.05, 0.1) is 28.8 Å². The molecule has 6 nitrogen and oxygen atoms in total. The first kappa shape index (κ1) is 28.3. The van der Waals surface area contributed by atoms with Crippen LogP contribution in [0.1, 0.15) is 53.5 Å². The number of hydrogen-bond acceptors (Lipinski definition) is 7. The second-order valence-corrected chi connectivity index (χ2v) is 13.0. The predicted molar refractivity (Wildman–Crippen MR) is 139 cm³/mol. The monoisotopic (exact) mass is 566 g/mol. The minimum atomic E-state index is -3.29. The third kappa shape index (κ3) is 6.44. The molecular formula is C27H29F3N2O4S2. The van der Waals surface area contributed by atoms with Gasteiger partial charge in [-0.1, -0.05) is 32.9 Å². The van der Waals surface area contributed by atoms with Crippen molar-refractivity contribution < 1.29 is 31.1 Å². The maximum Gasteiger partial charge on any atom is 0.387 e. The topological polar surface area (TPSA) is 76.6 Å². The zero-order chi connectivity index (χ0) is 27.6. The number of hydrogen-bond donors (Lipinski definition) is 0. The van der Waals surface area contributed by atoms with Crippen molar-refractivity contribution in [3.05, 3.63) is 75.0 Å². The Morgan fingerprint density at radius 3 is 2.50 bits per heavy atom. The van der Waals surface area contributed by atoms with Gasteiger partial charge in [0.1, 0.15) is 22.4 Å². The molecule has 1 aliphatic rings. The minimum Gasteiger partial charge on any atom is -0.435 e. The first-order chi connectivity index (χ1) is 18.0. The number of ketones is 1. The number of carbonyl (C=O) groups excluding carboxylic acids is 1. The Morgan fingerprint density at radius 1 is 1.16 bits per heavy atom. The zero-order valence-electron chi connectivity index (χ0n) is 21.3. The van der Waals surface area contributed by atoms with E-state index in [-0.39, 0.29) is 59.1 Å².